The molecule has 3 aromatic rings. The molecule has 0 aliphatic heterocycles. The standard InChI is InChI=1S/C19H20ClN3O/c1-13-4-5-16(14(2)10-13)11-23(3)12-18-21-19(22-24-18)15-6-8-17(20)9-7-15/h4-10H,11-12H2,1-3H3. The number of benzene rings is 2. The molecule has 2 aromatic carbocycles. The van der Waals surface area contributed by atoms with E-state index in [1.807, 2.05) is 31.3 Å². The van der Waals surface area contributed by atoms with E-state index in [0.29, 0.717) is 23.3 Å². The molecule has 0 bridgehead atoms. The molecule has 0 atom stereocenters. The second-order valence-corrected chi connectivity index (χ2v) is 6.56. The summed E-state index contributed by atoms with van der Waals surface area (Å²) in [6.45, 7) is 5.69. The minimum atomic E-state index is 0.585. The monoisotopic (exact) mass is 341 g/mol. The Bertz CT molecular complexity index is 827. The third-order valence-electron chi connectivity index (χ3n) is 3.91. The van der Waals surface area contributed by atoms with Crippen molar-refractivity contribution in [3.63, 3.8) is 0 Å². The van der Waals surface area contributed by atoms with Crippen LogP contribution in [0.4, 0.5) is 0 Å². The quantitative estimate of drug-likeness (QED) is 0.678. The summed E-state index contributed by atoms with van der Waals surface area (Å²) in [5.41, 5.74) is 4.78. The molecule has 0 saturated carbocycles. The number of nitrogens with zero attached hydrogens (tertiary/aromatic N) is 3. The third-order valence-corrected chi connectivity index (χ3v) is 4.17. The molecule has 0 saturated heterocycles. The van der Waals surface area contributed by atoms with Crippen LogP contribution in [0.5, 0.6) is 0 Å². The molecule has 5 heteroatoms. The van der Waals surface area contributed by atoms with Gasteiger partial charge in [0.25, 0.3) is 0 Å². The lowest BCUT2D eigenvalue weighted by Crippen LogP contribution is -2.18. The van der Waals surface area contributed by atoms with Crippen LogP contribution in [0.2, 0.25) is 5.02 Å². The molecule has 0 unspecified atom stereocenters. The van der Waals surface area contributed by atoms with Crippen LogP contribution in [0, 0.1) is 13.8 Å². The van der Waals surface area contributed by atoms with Crippen LogP contribution < -0.4 is 0 Å². The second-order valence-electron chi connectivity index (χ2n) is 6.12. The lowest BCUT2D eigenvalue weighted by atomic mass is 10.1. The summed E-state index contributed by atoms with van der Waals surface area (Å²) in [4.78, 5) is 6.63. The topological polar surface area (TPSA) is 42.2 Å². The van der Waals surface area contributed by atoms with Gasteiger partial charge in [-0.25, -0.2) is 0 Å². The van der Waals surface area contributed by atoms with Crippen molar-refractivity contribution in [3.8, 4) is 11.4 Å². The molecule has 4 nitrogen and oxygen atoms in total. The van der Waals surface area contributed by atoms with Gasteiger partial charge in [0, 0.05) is 17.1 Å². The first-order valence-corrected chi connectivity index (χ1v) is 8.22. The van der Waals surface area contributed by atoms with Crippen LogP contribution in [0.3, 0.4) is 0 Å². The fourth-order valence-electron chi connectivity index (χ4n) is 2.64. The van der Waals surface area contributed by atoms with E-state index in [1.54, 1.807) is 0 Å². The molecule has 0 amide bonds. The number of aryl methyl sites for hydroxylation is 2. The Hall–Kier alpha value is -2.17. The molecule has 124 valence electrons. The molecule has 0 N–H and O–H groups in total. The molecule has 1 heterocycles. The van der Waals surface area contributed by atoms with E-state index in [1.165, 1.54) is 16.7 Å². The van der Waals surface area contributed by atoms with Crippen molar-refractivity contribution < 1.29 is 4.52 Å². The molecule has 0 spiro atoms. The van der Waals surface area contributed by atoms with Gasteiger partial charge in [-0.3, -0.25) is 4.90 Å². The number of rotatable bonds is 5. The highest BCUT2D eigenvalue weighted by atomic mass is 35.5. The fraction of sp³-hybridized carbons (Fsp3) is 0.263. The van der Waals surface area contributed by atoms with E-state index in [4.69, 9.17) is 16.1 Å². The average molecular weight is 342 g/mol. The Balaban J connectivity index is 1.66. The zero-order valence-corrected chi connectivity index (χ0v) is 14.8. The van der Waals surface area contributed by atoms with E-state index < -0.39 is 0 Å². The number of hydrogen-bond acceptors (Lipinski definition) is 4. The van der Waals surface area contributed by atoms with Crippen molar-refractivity contribution >= 4 is 11.6 Å². The number of halogens is 1. The molecular formula is C19H20ClN3O. The van der Waals surface area contributed by atoms with Gasteiger partial charge in [0.15, 0.2) is 0 Å². The van der Waals surface area contributed by atoms with E-state index in [9.17, 15) is 0 Å². The largest absolute Gasteiger partial charge is 0.338 e. The van der Waals surface area contributed by atoms with Crippen molar-refractivity contribution in [1.82, 2.24) is 15.0 Å². The maximum absolute atomic E-state index is 5.90. The highest BCUT2D eigenvalue weighted by Crippen LogP contribution is 2.19. The van der Waals surface area contributed by atoms with Crippen LogP contribution in [-0.4, -0.2) is 22.1 Å². The lowest BCUT2D eigenvalue weighted by Gasteiger charge is -2.16. The van der Waals surface area contributed by atoms with Crippen LogP contribution >= 0.6 is 11.6 Å². The van der Waals surface area contributed by atoms with E-state index >= 15 is 0 Å². The fourth-order valence-corrected chi connectivity index (χ4v) is 2.76. The Labute approximate surface area is 147 Å². The van der Waals surface area contributed by atoms with Crippen LogP contribution in [0.15, 0.2) is 47.0 Å². The summed E-state index contributed by atoms with van der Waals surface area (Å²) in [6, 6.07) is 13.9. The Morgan fingerprint density at radius 1 is 1.04 bits per heavy atom. The van der Waals surface area contributed by atoms with Gasteiger partial charge in [-0.05, 0) is 56.3 Å². The summed E-state index contributed by atoms with van der Waals surface area (Å²) in [5.74, 6) is 1.19. The Morgan fingerprint density at radius 3 is 2.50 bits per heavy atom. The minimum absolute atomic E-state index is 0.585. The Morgan fingerprint density at radius 2 is 1.79 bits per heavy atom. The first-order valence-electron chi connectivity index (χ1n) is 7.84. The van der Waals surface area contributed by atoms with Gasteiger partial charge >= 0.3 is 0 Å². The maximum Gasteiger partial charge on any atom is 0.241 e. The zero-order chi connectivity index (χ0) is 17.1. The van der Waals surface area contributed by atoms with Crippen LogP contribution in [0.25, 0.3) is 11.4 Å². The van der Waals surface area contributed by atoms with Gasteiger partial charge in [-0.15, -0.1) is 0 Å². The lowest BCUT2D eigenvalue weighted by molar-refractivity contribution is 0.260. The second kappa shape index (κ2) is 7.16. The Kier molecular flexibility index (Phi) is 4.97. The van der Waals surface area contributed by atoms with Crippen molar-refractivity contribution in [2.75, 3.05) is 7.05 Å². The van der Waals surface area contributed by atoms with Crippen molar-refractivity contribution in [1.29, 1.82) is 0 Å². The van der Waals surface area contributed by atoms with Crippen LogP contribution in [-0.2, 0) is 13.1 Å². The predicted molar refractivity (Wildman–Crippen MR) is 95.8 cm³/mol. The summed E-state index contributed by atoms with van der Waals surface area (Å²) >= 11 is 5.90. The first kappa shape index (κ1) is 16.7. The van der Waals surface area contributed by atoms with E-state index in [-0.39, 0.29) is 0 Å². The molecule has 24 heavy (non-hydrogen) atoms. The number of aromatic nitrogens is 2. The minimum Gasteiger partial charge on any atom is -0.338 e. The van der Waals surface area contributed by atoms with Gasteiger partial charge in [-0.2, -0.15) is 4.98 Å². The summed E-state index contributed by atoms with van der Waals surface area (Å²) in [6.07, 6.45) is 0. The molecule has 0 radical (unpaired) electrons. The first-order chi connectivity index (χ1) is 11.5. The highest BCUT2D eigenvalue weighted by Gasteiger charge is 2.12. The molecule has 0 fully saturated rings. The van der Waals surface area contributed by atoms with E-state index in [2.05, 4.69) is 47.1 Å². The van der Waals surface area contributed by atoms with Gasteiger partial charge in [0.05, 0.1) is 6.54 Å². The number of hydrogen-bond donors (Lipinski definition) is 0. The maximum atomic E-state index is 5.90. The SMILES string of the molecule is Cc1ccc(CN(C)Cc2nc(-c3ccc(Cl)cc3)no2)c(C)c1. The molecule has 0 aliphatic rings. The van der Waals surface area contributed by atoms with Gasteiger partial charge in [-0.1, -0.05) is 40.5 Å². The average Bonchev–Trinajstić information content (AvgIpc) is 2.99. The summed E-state index contributed by atoms with van der Waals surface area (Å²) < 4.78 is 5.37. The van der Waals surface area contributed by atoms with Gasteiger partial charge < -0.3 is 4.52 Å². The molecule has 0 aliphatic carbocycles. The molecule has 1 aromatic heterocycles. The normalized spacial score (nSPS) is 11.2. The van der Waals surface area contributed by atoms with Crippen molar-refractivity contribution in [2.45, 2.75) is 26.9 Å². The smallest absolute Gasteiger partial charge is 0.241 e. The predicted octanol–water partition coefficient (Wildman–Crippen LogP) is 4.64. The van der Waals surface area contributed by atoms with E-state index in [0.717, 1.165) is 12.1 Å². The highest BCUT2D eigenvalue weighted by molar-refractivity contribution is 6.30. The van der Waals surface area contributed by atoms with Crippen LogP contribution in [0.1, 0.15) is 22.6 Å². The summed E-state index contributed by atoms with van der Waals surface area (Å²) in [5, 5.41) is 4.74. The van der Waals surface area contributed by atoms with Gasteiger partial charge in [0.1, 0.15) is 0 Å². The molecule has 3 rings (SSSR count). The molecular weight excluding hydrogens is 322 g/mol. The van der Waals surface area contributed by atoms with Gasteiger partial charge in [0.2, 0.25) is 11.7 Å². The summed E-state index contributed by atoms with van der Waals surface area (Å²) in [7, 11) is 2.05. The van der Waals surface area contributed by atoms with Crippen molar-refractivity contribution in [2.24, 2.45) is 0 Å². The third kappa shape index (κ3) is 4.02. The zero-order valence-electron chi connectivity index (χ0n) is 14.1. The van der Waals surface area contributed by atoms with Crippen molar-refractivity contribution in [3.05, 3.63) is 70.1 Å².